The predicted octanol–water partition coefficient (Wildman–Crippen LogP) is 3.05. The van der Waals surface area contributed by atoms with Crippen LogP contribution in [0.3, 0.4) is 0 Å². The molecule has 0 aliphatic carbocycles. The van der Waals surface area contributed by atoms with Crippen LogP contribution in [0.25, 0.3) is 0 Å². The summed E-state index contributed by atoms with van der Waals surface area (Å²) >= 11 is 0. The number of carboxylic acids is 1. The van der Waals surface area contributed by atoms with E-state index >= 15 is 0 Å². The van der Waals surface area contributed by atoms with Gasteiger partial charge in [-0.25, -0.2) is 9.59 Å². The third-order valence-corrected chi connectivity index (χ3v) is 6.71. The lowest BCUT2D eigenvalue weighted by atomic mass is 9.98. The lowest BCUT2D eigenvalue weighted by Gasteiger charge is -2.38. The van der Waals surface area contributed by atoms with E-state index in [-0.39, 0.29) is 28.6 Å². The first-order chi connectivity index (χ1) is 19.0. The summed E-state index contributed by atoms with van der Waals surface area (Å²) in [6, 6.07) is 7.01. The summed E-state index contributed by atoms with van der Waals surface area (Å²) in [6.45, 7) is 4.08. The van der Waals surface area contributed by atoms with E-state index in [0.29, 0.717) is 24.8 Å². The van der Waals surface area contributed by atoms with Gasteiger partial charge in [0.25, 0.3) is 0 Å². The van der Waals surface area contributed by atoms with E-state index in [9.17, 15) is 40.2 Å². The number of aliphatic hydroxyl groups is 3. The van der Waals surface area contributed by atoms with Gasteiger partial charge in [0.05, 0.1) is 0 Å². The topological polar surface area (TPSA) is 183 Å². The maximum Gasteiger partial charge on any atom is 0.347 e. The third kappa shape index (κ3) is 7.85. The molecular weight excluding hydrogens is 524 g/mol. The van der Waals surface area contributed by atoms with Crippen molar-refractivity contribution in [3.63, 3.8) is 0 Å². The number of aliphatic hydroxyl groups excluding tert-OH is 3. The minimum Gasteiger partial charge on any atom is -0.508 e. The second-order valence-corrected chi connectivity index (χ2v) is 9.97. The average Bonchev–Trinajstić information content (AvgIpc) is 2.88. The lowest BCUT2D eigenvalue weighted by molar-refractivity contribution is -0.271. The Kier molecular flexibility index (Phi) is 11.1. The van der Waals surface area contributed by atoms with Crippen LogP contribution >= 0.6 is 0 Å². The van der Waals surface area contributed by atoms with Crippen molar-refractivity contribution in [1.29, 1.82) is 0 Å². The summed E-state index contributed by atoms with van der Waals surface area (Å²) in [4.78, 5) is 25.1. The second kappa shape index (κ2) is 14.3. The first-order valence-electron chi connectivity index (χ1n) is 13.6. The number of hydrogen-bond donors (Lipinski definition) is 6. The molecule has 1 heterocycles. The van der Waals surface area contributed by atoms with Crippen LogP contribution < -0.4 is 9.47 Å². The van der Waals surface area contributed by atoms with Crippen molar-refractivity contribution in [3.8, 4) is 23.0 Å². The fourth-order valence-electron chi connectivity index (χ4n) is 4.60. The van der Waals surface area contributed by atoms with E-state index < -0.39 is 42.6 Å². The average molecular weight is 563 g/mol. The molecule has 6 N–H and O–H groups in total. The molecule has 1 fully saturated rings. The van der Waals surface area contributed by atoms with E-state index in [2.05, 4.69) is 6.92 Å². The molecule has 3 rings (SSSR count). The number of phenols is 2. The molecular formula is C29H38O11. The summed E-state index contributed by atoms with van der Waals surface area (Å²) in [5.74, 6) is -3.01. The van der Waals surface area contributed by atoms with Crippen molar-refractivity contribution in [3.05, 3.63) is 47.0 Å². The molecule has 0 spiro atoms. The van der Waals surface area contributed by atoms with Crippen LogP contribution in [0.1, 0.15) is 73.9 Å². The molecule has 5 atom stereocenters. The Morgan fingerprint density at radius 2 is 1.48 bits per heavy atom. The van der Waals surface area contributed by atoms with Crippen LogP contribution in [0, 0.1) is 0 Å². The van der Waals surface area contributed by atoms with Crippen LogP contribution in [-0.4, -0.2) is 73.3 Å². The number of aromatic hydroxyl groups is 2. The summed E-state index contributed by atoms with van der Waals surface area (Å²) in [6.07, 6.45) is -3.09. The molecule has 0 radical (unpaired) electrons. The van der Waals surface area contributed by atoms with Crippen molar-refractivity contribution >= 4 is 11.9 Å². The number of carboxylic acid groups (broad SMARTS) is 1. The zero-order chi connectivity index (χ0) is 29.4. The van der Waals surface area contributed by atoms with Crippen molar-refractivity contribution in [2.45, 2.75) is 95.9 Å². The molecule has 40 heavy (non-hydrogen) atoms. The molecule has 220 valence electrons. The quantitative estimate of drug-likeness (QED) is 0.120. The Labute approximate surface area is 232 Å². The number of unbranched alkanes of at least 4 members (excludes halogenated alkanes) is 4. The maximum atomic E-state index is 13.5. The number of rotatable bonds is 13. The van der Waals surface area contributed by atoms with Crippen LogP contribution in [0.2, 0.25) is 0 Å². The molecule has 5 unspecified atom stereocenters. The Morgan fingerprint density at radius 3 is 2.12 bits per heavy atom. The number of ether oxygens (including phenoxy) is 3. The van der Waals surface area contributed by atoms with E-state index in [1.165, 1.54) is 12.1 Å². The second-order valence-electron chi connectivity index (χ2n) is 9.97. The summed E-state index contributed by atoms with van der Waals surface area (Å²) in [7, 11) is 0. The van der Waals surface area contributed by atoms with Gasteiger partial charge in [0.15, 0.2) is 6.10 Å². The van der Waals surface area contributed by atoms with E-state index in [0.717, 1.165) is 43.7 Å². The van der Waals surface area contributed by atoms with Crippen LogP contribution in [-0.2, 0) is 22.4 Å². The van der Waals surface area contributed by atoms with Gasteiger partial charge < -0.3 is 44.8 Å². The molecule has 2 aromatic carbocycles. The number of esters is 1. The highest BCUT2D eigenvalue weighted by atomic mass is 16.7. The van der Waals surface area contributed by atoms with Gasteiger partial charge in [0.1, 0.15) is 46.9 Å². The van der Waals surface area contributed by atoms with Crippen molar-refractivity contribution in [1.82, 2.24) is 0 Å². The number of phenolic OH excluding ortho intramolecular Hbond substituents is 2. The number of aryl methyl sites for hydroxylation is 2. The molecule has 1 saturated heterocycles. The zero-order valence-corrected chi connectivity index (χ0v) is 22.7. The minimum absolute atomic E-state index is 0.0758. The normalized spacial score (nSPS) is 22.6. The molecule has 0 bridgehead atoms. The van der Waals surface area contributed by atoms with E-state index in [1.807, 2.05) is 6.92 Å². The SMILES string of the molecule is CCCCCc1cc(O)cc(OC(=O)c2c(CCCCC)cc(O)cc2OC2OC(C(=O)O)C(O)C(O)C2O)c1. The Balaban J connectivity index is 1.97. The number of carbonyl (C=O) groups is 2. The number of aliphatic carboxylic acids is 1. The van der Waals surface area contributed by atoms with Gasteiger partial charge in [-0.05, 0) is 55.0 Å². The Bertz CT molecular complexity index is 1160. The van der Waals surface area contributed by atoms with Gasteiger partial charge in [-0.2, -0.15) is 0 Å². The highest BCUT2D eigenvalue weighted by molar-refractivity contribution is 5.96. The highest BCUT2D eigenvalue weighted by Crippen LogP contribution is 2.34. The lowest BCUT2D eigenvalue weighted by Crippen LogP contribution is -2.61. The third-order valence-electron chi connectivity index (χ3n) is 6.71. The molecule has 11 nitrogen and oxygen atoms in total. The molecule has 1 aliphatic heterocycles. The predicted molar refractivity (Wildman–Crippen MR) is 143 cm³/mol. The maximum absolute atomic E-state index is 13.5. The molecule has 2 aromatic rings. The summed E-state index contributed by atoms with van der Waals surface area (Å²) < 4.78 is 16.5. The molecule has 11 heteroatoms. The van der Waals surface area contributed by atoms with Gasteiger partial charge in [0, 0.05) is 12.1 Å². The number of benzene rings is 2. The van der Waals surface area contributed by atoms with Gasteiger partial charge in [0.2, 0.25) is 6.29 Å². The Morgan fingerprint density at radius 1 is 0.825 bits per heavy atom. The van der Waals surface area contributed by atoms with Gasteiger partial charge in [-0.3, -0.25) is 0 Å². The smallest absolute Gasteiger partial charge is 0.347 e. The number of carbonyl (C=O) groups excluding carboxylic acids is 1. The van der Waals surface area contributed by atoms with Crippen LogP contribution in [0.4, 0.5) is 0 Å². The fourth-order valence-corrected chi connectivity index (χ4v) is 4.60. The standard InChI is InChI=1S/C29H38O11/c1-3-5-7-9-16-11-18(30)14-20(12-16)38-28(37)22-17(10-8-6-4-2)13-19(31)15-21(22)39-29-25(34)23(32)24(33)26(40-29)27(35)36/h11-15,23-26,29-34H,3-10H2,1-2H3,(H,35,36). The number of hydrogen-bond acceptors (Lipinski definition) is 10. The summed E-state index contributed by atoms with van der Waals surface area (Å²) in [5, 5.41) is 60.6. The van der Waals surface area contributed by atoms with Crippen molar-refractivity contribution in [2.24, 2.45) is 0 Å². The first-order valence-corrected chi connectivity index (χ1v) is 13.6. The molecule has 0 saturated carbocycles. The van der Waals surface area contributed by atoms with Gasteiger partial charge in [-0.1, -0.05) is 39.5 Å². The fraction of sp³-hybridized carbons (Fsp3) is 0.517. The van der Waals surface area contributed by atoms with Crippen LogP contribution in [0.5, 0.6) is 23.0 Å². The highest BCUT2D eigenvalue weighted by Gasteiger charge is 2.48. The van der Waals surface area contributed by atoms with Crippen molar-refractivity contribution in [2.75, 3.05) is 0 Å². The van der Waals surface area contributed by atoms with Gasteiger partial charge in [-0.15, -0.1) is 0 Å². The largest absolute Gasteiger partial charge is 0.508 e. The molecule has 0 amide bonds. The molecule has 0 aromatic heterocycles. The van der Waals surface area contributed by atoms with Crippen molar-refractivity contribution < 1.29 is 54.4 Å². The molecule has 1 aliphatic rings. The van der Waals surface area contributed by atoms with E-state index in [4.69, 9.17) is 14.2 Å². The monoisotopic (exact) mass is 562 g/mol. The first kappa shape index (κ1) is 31.2. The van der Waals surface area contributed by atoms with Gasteiger partial charge >= 0.3 is 11.9 Å². The Hall–Kier alpha value is -3.38. The van der Waals surface area contributed by atoms with E-state index in [1.54, 1.807) is 12.1 Å². The summed E-state index contributed by atoms with van der Waals surface area (Å²) in [5.41, 5.74) is 1.05. The minimum atomic E-state index is -1.93. The van der Waals surface area contributed by atoms with Crippen LogP contribution in [0.15, 0.2) is 30.3 Å². The zero-order valence-electron chi connectivity index (χ0n) is 22.7.